The van der Waals surface area contributed by atoms with Crippen LogP contribution in [-0.2, 0) is 7.05 Å². The van der Waals surface area contributed by atoms with E-state index in [0.717, 1.165) is 18.2 Å². The molecule has 2 rings (SSSR count). The molecule has 0 aliphatic heterocycles. The number of nitrogen functional groups attached to an aromatic ring is 1. The van der Waals surface area contributed by atoms with Crippen molar-refractivity contribution >= 4 is 5.69 Å². The van der Waals surface area contributed by atoms with Crippen molar-refractivity contribution in [2.75, 3.05) is 12.3 Å². The monoisotopic (exact) mass is 223 g/mol. The number of hydrogen-bond acceptors (Lipinski definition) is 3. The number of aryl methyl sites for hydroxylation is 2. The Bertz CT molecular complexity index is 353. The molecule has 1 aromatic heterocycles. The summed E-state index contributed by atoms with van der Waals surface area (Å²) >= 11 is 0. The van der Waals surface area contributed by atoms with Crippen LogP contribution in [0, 0.1) is 12.8 Å². The largest absolute Gasteiger partial charge is 0.476 e. The van der Waals surface area contributed by atoms with Gasteiger partial charge < -0.3 is 10.5 Å². The molecule has 0 radical (unpaired) electrons. The van der Waals surface area contributed by atoms with Crippen molar-refractivity contribution in [1.82, 2.24) is 9.78 Å². The average molecular weight is 223 g/mol. The molecule has 0 unspecified atom stereocenters. The van der Waals surface area contributed by atoms with E-state index in [1.807, 2.05) is 14.0 Å². The highest BCUT2D eigenvalue weighted by Gasteiger charge is 2.17. The SMILES string of the molecule is Cc1nn(C)c(OCC2CCCCC2)c1N. The minimum absolute atomic E-state index is 0.679. The van der Waals surface area contributed by atoms with Gasteiger partial charge in [0.1, 0.15) is 5.69 Å². The van der Waals surface area contributed by atoms with Crippen LogP contribution < -0.4 is 10.5 Å². The van der Waals surface area contributed by atoms with Crippen molar-refractivity contribution in [3.8, 4) is 5.88 Å². The van der Waals surface area contributed by atoms with Crippen molar-refractivity contribution in [1.29, 1.82) is 0 Å². The quantitative estimate of drug-likeness (QED) is 0.855. The van der Waals surface area contributed by atoms with Crippen LogP contribution in [-0.4, -0.2) is 16.4 Å². The summed E-state index contributed by atoms with van der Waals surface area (Å²) in [5, 5.41) is 4.24. The van der Waals surface area contributed by atoms with Gasteiger partial charge in [0, 0.05) is 7.05 Å². The van der Waals surface area contributed by atoms with Gasteiger partial charge in [-0.25, -0.2) is 4.68 Å². The predicted molar refractivity (Wildman–Crippen MR) is 64.4 cm³/mol. The Morgan fingerprint density at radius 1 is 1.38 bits per heavy atom. The van der Waals surface area contributed by atoms with Gasteiger partial charge in [0.15, 0.2) is 0 Å². The maximum atomic E-state index is 5.91. The van der Waals surface area contributed by atoms with Crippen molar-refractivity contribution in [2.45, 2.75) is 39.0 Å². The lowest BCUT2D eigenvalue weighted by atomic mass is 9.90. The standard InChI is InChI=1S/C12H21N3O/c1-9-11(13)12(15(2)14-9)16-8-10-6-4-3-5-7-10/h10H,3-8,13H2,1-2H3. The van der Waals surface area contributed by atoms with Gasteiger partial charge in [-0.3, -0.25) is 0 Å². The number of rotatable bonds is 3. The summed E-state index contributed by atoms with van der Waals surface area (Å²) in [4.78, 5) is 0. The first-order chi connectivity index (χ1) is 7.68. The number of nitrogens with zero attached hydrogens (tertiary/aromatic N) is 2. The van der Waals surface area contributed by atoms with Crippen LogP contribution in [0.5, 0.6) is 5.88 Å². The second-order valence-corrected chi connectivity index (χ2v) is 4.74. The molecule has 1 heterocycles. The molecule has 0 aromatic carbocycles. The summed E-state index contributed by atoms with van der Waals surface area (Å²) in [7, 11) is 1.87. The highest BCUT2D eigenvalue weighted by molar-refractivity contribution is 5.52. The van der Waals surface area contributed by atoms with E-state index < -0.39 is 0 Å². The predicted octanol–water partition coefficient (Wildman–Crippen LogP) is 2.27. The van der Waals surface area contributed by atoms with Gasteiger partial charge in [-0.15, -0.1) is 0 Å². The molecular formula is C12H21N3O. The van der Waals surface area contributed by atoms with Gasteiger partial charge in [0.25, 0.3) is 0 Å². The molecule has 1 fully saturated rings. The summed E-state index contributed by atoms with van der Waals surface area (Å²) in [6.45, 7) is 2.69. The fraction of sp³-hybridized carbons (Fsp3) is 0.750. The van der Waals surface area contributed by atoms with E-state index in [9.17, 15) is 0 Å². The van der Waals surface area contributed by atoms with Crippen molar-refractivity contribution in [3.05, 3.63) is 5.69 Å². The lowest BCUT2D eigenvalue weighted by Gasteiger charge is -2.21. The van der Waals surface area contributed by atoms with Crippen LogP contribution >= 0.6 is 0 Å². The summed E-state index contributed by atoms with van der Waals surface area (Å²) in [5.41, 5.74) is 7.44. The Labute approximate surface area is 96.8 Å². The maximum absolute atomic E-state index is 5.91. The topological polar surface area (TPSA) is 53.1 Å². The van der Waals surface area contributed by atoms with Gasteiger partial charge in [-0.2, -0.15) is 5.10 Å². The number of nitrogens with two attached hydrogens (primary N) is 1. The Morgan fingerprint density at radius 2 is 2.06 bits per heavy atom. The fourth-order valence-electron chi connectivity index (χ4n) is 2.38. The van der Waals surface area contributed by atoms with E-state index in [0.29, 0.717) is 11.6 Å². The second-order valence-electron chi connectivity index (χ2n) is 4.74. The first kappa shape index (κ1) is 11.3. The highest BCUT2D eigenvalue weighted by atomic mass is 16.5. The lowest BCUT2D eigenvalue weighted by molar-refractivity contribution is 0.197. The Balaban J connectivity index is 1.93. The average Bonchev–Trinajstić information content (AvgIpc) is 2.53. The van der Waals surface area contributed by atoms with E-state index in [-0.39, 0.29) is 0 Å². The van der Waals surface area contributed by atoms with Crippen molar-refractivity contribution in [3.63, 3.8) is 0 Å². The molecule has 0 spiro atoms. The fourth-order valence-corrected chi connectivity index (χ4v) is 2.38. The highest BCUT2D eigenvalue weighted by Crippen LogP contribution is 2.27. The molecule has 0 saturated heterocycles. The number of aromatic nitrogens is 2. The van der Waals surface area contributed by atoms with Gasteiger partial charge in [-0.05, 0) is 25.7 Å². The van der Waals surface area contributed by atoms with E-state index in [4.69, 9.17) is 10.5 Å². The van der Waals surface area contributed by atoms with Crippen molar-refractivity contribution < 1.29 is 4.74 Å². The second kappa shape index (κ2) is 4.76. The first-order valence-corrected chi connectivity index (χ1v) is 6.10. The summed E-state index contributed by atoms with van der Waals surface area (Å²) < 4.78 is 7.53. The lowest BCUT2D eigenvalue weighted by Crippen LogP contribution is -2.16. The molecule has 2 N–H and O–H groups in total. The molecule has 1 aromatic rings. The molecule has 1 saturated carbocycles. The molecule has 1 aliphatic rings. The van der Waals surface area contributed by atoms with Gasteiger partial charge in [0.05, 0.1) is 12.3 Å². The summed E-state index contributed by atoms with van der Waals surface area (Å²) in [5.74, 6) is 1.42. The minimum Gasteiger partial charge on any atom is -0.476 e. The van der Waals surface area contributed by atoms with Crippen molar-refractivity contribution in [2.24, 2.45) is 13.0 Å². The zero-order valence-corrected chi connectivity index (χ0v) is 10.2. The third-order valence-corrected chi connectivity index (χ3v) is 3.39. The van der Waals surface area contributed by atoms with E-state index >= 15 is 0 Å². The number of ether oxygens (including phenoxy) is 1. The molecule has 1 aliphatic carbocycles. The Kier molecular flexibility index (Phi) is 3.36. The zero-order valence-electron chi connectivity index (χ0n) is 10.2. The maximum Gasteiger partial charge on any atom is 0.235 e. The minimum atomic E-state index is 0.679. The Hall–Kier alpha value is -1.19. The van der Waals surface area contributed by atoms with Crippen LogP contribution in [0.3, 0.4) is 0 Å². The van der Waals surface area contributed by atoms with Crippen LogP contribution in [0.1, 0.15) is 37.8 Å². The first-order valence-electron chi connectivity index (χ1n) is 6.10. The summed E-state index contributed by atoms with van der Waals surface area (Å²) in [6, 6.07) is 0. The summed E-state index contributed by atoms with van der Waals surface area (Å²) in [6.07, 6.45) is 6.64. The molecule has 4 nitrogen and oxygen atoms in total. The number of anilines is 1. The van der Waals surface area contributed by atoms with Gasteiger partial charge in [-0.1, -0.05) is 19.3 Å². The van der Waals surface area contributed by atoms with Gasteiger partial charge >= 0.3 is 0 Å². The Morgan fingerprint density at radius 3 is 2.62 bits per heavy atom. The molecule has 90 valence electrons. The van der Waals surface area contributed by atoms with Crippen LogP contribution in [0.2, 0.25) is 0 Å². The smallest absolute Gasteiger partial charge is 0.235 e. The molecule has 4 heteroatoms. The van der Waals surface area contributed by atoms with Crippen LogP contribution in [0.15, 0.2) is 0 Å². The molecule has 0 bridgehead atoms. The third-order valence-electron chi connectivity index (χ3n) is 3.39. The van der Waals surface area contributed by atoms with E-state index in [1.165, 1.54) is 32.1 Å². The molecule has 0 amide bonds. The normalized spacial score (nSPS) is 17.6. The molecular weight excluding hydrogens is 202 g/mol. The van der Waals surface area contributed by atoms with Gasteiger partial charge in [0.2, 0.25) is 5.88 Å². The molecule has 0 atom stereocenters. The zero-order chi connectivity index (χ0) is 11.5. The van der Waals surface area contributed by atoms with Crippen LogP contribution in [0.25, 0.3) is 0 Å². The third kappa shape index (κ3) is 2.31. The molecule has 16 heavy (non-hydrogen) atoms. The van der Waals surface area contributed by atoms with E-state index in [2.05, 4.69) is 5.10 Å². The van der Waals surface area contributed by atoms with E-state index in [1.54, 1.807) is 4.68 Å². The number of hydrogen-bond donors (Lipinski definition) is 1. The van der Waals surface area contributed by atoms with Crippen LogP contribution in [0.4, 0.5) is 5.69 Å².